The highest BCUT2D eigenvalue weighted by atomic mass is 28.3. The molecule has 0 fully saturated rings. The summed E-state index contributed by atoms with van der Waals surface area (Å²) in [6.45, 7) is 15.5. The molecule has 0 aliphatic carbocycles. The summed E-state index contributed by atoms with van der Waals surface area (Å²) in [5.41, 5.74) is 9.15. The zero-order valence-corrected chi connectivity index (χ0v) is 21.8. The van der Waals surface area contributed by atoms with Crippen LogP contribution in [0.25, 0.3) is 44.1 Å². The largest absolute Gasteiger partial charge is 0.455 e. The number of benzene rings is 3. The average molecular weight is 457 g/mol. The predicted molar refractivity (Wildman–Crippen MR) is 140 cm³/mol. The van der Waals surface area contributed by atoms with Gasteiger partial charge in [0.2, 0.25) is 11.2 Å². The van der Waals surface area contributed by atoms with Crippen molar-refractivity contribution in [3.63, 3.8) is 0 Å². The van der Waals surface area contributed by atoms with Crippen molar-refractivity contribution in [3.05, 3.63) is 70.5 Å². The second-order valence-electron chi connectivity index (χ2n) is 10.4. The lowest BCUT2D eigenvalue weighted by Gasteiger charge is -2.20. The normalized spacial score (nSPS) is 12.4. The van der Waals surface area contributed by atoms with Crippen LogP contribution in [0.3, 0.4) is 0 Å². The van der Waals surface area contributed by atoms with Crippen molar-refractivity contribution in [2.24, 2.45) is 7.05 Å². The first kappa shape index (κ1) is 21.8. The highest BCUT2D eigenvalue weighted by Crippen LogP contribution is 2.40. The van der Waals surface area contributed by atoms with Gasteiger partial charge in [-0.05, 0) is 67.8 Å². The summed E-state index contributed by atoms with van der Waals surface area (Å²) < 4.78 is 23.0. The first-order chi connectivity index (χ1) is 15.5. The quantitative estimate of drug-likeness (QED) is 0.204. The van der Waals surface area contributed by atoms with Gasteiger partial charge in [0.1, 0.15) is 24.0 Å². The minimum Gasteiger partial charge on any atom is -0.455 e. The van der Waals surface area contributed by atoms with Gasteiger partial charge in [-0.15, -0.1) is 0 Å². The van der Waals surface area contributed by atoms with E-state index in [9.17, 15) is 4.39 Å². The van der Waals surface area contributed by atoms with Crippen molar-refractivity contribution >= 4 is 46.1 Å². The van der Waals surface area contributed by atoms with Gasteiger partial charge < -0.3 is 4.42 Å². The molecular formula is C29H31FNOSi+. The fourth-order valence-electron chi connectivity index (χ4n) is 5.22. The molecular weight excluding hydrogens is 425 g/mol. The summed E-state index contributed by atoms with van der Waals surface area (Å²) in [6.07, 6.45) is 0. The van der Waals surface area contributed by atoms with E-state index in [2.05, 4.69) is 82.4 Å². The van der Waals surface area contributed by atoms with E-state index in [-0.39, 0.29) is 5.82 Å². The molecule has 5 rings (SSSR count). The molecule has 0 aliphatic heterocycles. The van der Waals surface area contributed by atoms with E-state index in [4.69, 9.17) is 4.42 Å². The van der Waals surface area contributed by atoms with E-state index in [1.807, 2.05) is 6.07 Å². The number of rotatable bonds is 2. The van der Waals surface area contributed by atoms with Crippen LogP contribution in [0.15, 0.2) is 46.9 Å². The van der Waals surface area contributed by atoms with E-state index in [0.29, 0.717) is 11.1 Å². The van der Waals surface area contributed by atoms with Crippen molar-refractivity contribution in [1.82, 2.24) is 0 Å². The minimum atomic E-state index is -1.51. The summed E-state index contributed by atoms with van der Waals surface area (Å²) in [6, 6.07) is 14.6. The van der Waals surface area contributed by atoms with Gasteiger partial charge in [-0.1, -0.05) is 31.8 Å². The van der Waals surface area contributed by atoms with Crippen LogP contribution in [0.2, 0.25) is 19.6 Å². The predicted octanol–water partition coefficient (Wildman–Crippen LogP) is 7.15. The molecule has 33 heavy (non-hydrogen) atoms. The third-order valence-electron chi connectivity index (χ3n) is 7.21. The Morgan fingerprint density at radius 3 is 2.24 bits per heavy atom. The maximum Gasteiger partial charge on any atom is 0.217 e. The van der Waals surface area contributed by atoms with Crippen LogP contribution >= 0.6 is 0 Å². The Labute approximate surface area is 195 Å². The molecule has 0 atom stereocenters. The number of furan rings is 1. The zero-order valence-electron chi connectivity index (χ0n) is 20.8. The fraction of sp³-hybridized carbons (Fsp3) is 0.276. The van der Waals surface area contributed by atoms with Crippen molar-refractivity contribution in [2.75, 3.05) is 0 Å². The highest BCUT2D eigenvalue weighted by Gasteiger charge is 2.28. The lowest BCUT2D eigenvalue weighted by Crippen LogP contribution is -2.41. The van der Waals surface area contributed by atoms with Gasteiger partial charge in [0.25, 0.3) is 0 Å². The molecule has 0 N–H and O–H groups in total. The highest BCUT2D eigenvalue weighted by molar-refractivity contribution is 6.90. The third-order valence-corrected chi connectivity index (χ3v) is 9.24. The Hall–Kier alpha value is -2.98. The number of hydrogen-bond acceptors (Lipinski definition) is 1. The third kappa shape index (κ3) is 3.15. The molecule has 0 saturated carbocycles. The Balaban J connectivity index is 1.94. The first-order valence-electron chi connectivity index (χ1n) is 11.6. The summed E-state index contributed by atoms with van der Waals surface area (Å²) >= 11 is 0. The van der Waals surface area contributed by atoms with Crippen LogP contribution in [0, 0.1) is 33.5 Å². The number of aryl methyl sites for hydroxylation is 4. The first-order valence-corrected chi connectivity index (χ1v) is 15.1. The molecule has 5 aromatic rings. The molecule has 168 valence electrons. The van der Waals surface area contributed by atoms with Gasteiger partial charge in [0.15, 0.2) is 0 Å². The molecule has 0 unspecified atom stereocenters. The Morgan fingerprint density at radius 1 is 0.818 bits per heavy atom. The number of aromatic nitrogens is 1. The maximum absolute atomic E-state index is 14.3. The van der Waals surface area contributed by atoms with Crippen molar-refractivity contribution in [1.29, 1.82) is 0 Å². The van der Waals surface area contributed by atoms with Crippen LogP contribution in [-0.2, 0) is 7.05 Å². The molecule has 0 spiro atoms. The van der Waals surface area contributed by atoms with E-state index in [1.165, 1.54) is 32.8 Å². The van der Waals surface area contributed by atoms with Gasteiger partial charge >= 0.3 is 0 Å². The topological polar surface area (TPSA) is 17.0 Å². The van der Waals surface area contributed by atoms with E-state index in [1.54, 1.807) is 13.0 Å². The summed E-state index contributed by atoms with van der Waals surface area (Å²) in [5, 5.41) is 4.86. The van der Waals surface area contributed by atoms with Gasteiger partial charge in [0, 0.05) is 33.9 Å². The van der Waals surface area contributed by atoms with Gasteiger partial charge in [0.05, 0.1) is 13.6 Å². The van der Waals surface area contributed by atoms with E-state index in [0.717, 1.165) is 27.6 Å². The van der Waals surface area contributed by atoms with E-state index < -0.39 is 8.07 Å². The van der Waals surface area contributed by atoms with E-state index >= 15 is 0 Å². The van der Waals surface area contributed by atoms with Crippen LogP contribution in [0.1, 0.15) is 22.3 Å². The maximum atomic E-state index is 14.3. The number of nitrogens with zero attached hydrogens (tertiary/aromatic N) is 1. The zero-order chi connectivity index (χ0) is 23.8. The summed E-state index contributed by atoms with van der Waals surface area (Å²) in [5.74, 6) is -0.234. The fourth-order valence-corrected chi connectivity index (χ4v) is 6.89. The molecule has 3 aromatic carbocycles. The molecule has 2 nitrogen and oxygen atoms in total. The molecule has 2 aromatic heterocycles. The molecule has 4 heteroatoms. The lowest BCUT2D eigenvalue weighted by molar-refractivity contribution is -0.633. The van der Waals surface area contributed by atoms with Crippen LogP contribution < -0.4 is 9.75 Å². The lowest BCUT2D eigenvalue weighted by atomic mass is 9.94. The van der Waals surface area contributed by atoms with Gasteiger partial charge in [-0.2, -0.15) is 4.57 Å². The SMILES string of the molecule is Cc1cc2c(oc3c(C)c(F)ccc32)c(-c2cc(C)c3c([Si](C)(C)C)cccc3[n+]2C)c1C. The molecule has 0 bridgehead atoms. The van der Waals surface area contributed by atoms with Crippen molar-refractivity contribution < 1.29 is 13.4 Å². The van der Waals surface area contributed by atoms with Crippen LogP contribution in [-0.4, -0.2) is 8.07 Å². The monoisotopic (exact) mass is 456 g/mol. The number of pyridine rings is 1. The average Bonchev–Trinajstić information content (AvgIpc) is 3.12. The molecule has 0 radical (unpaired) electrons. The summed E-state index contributed by atoms with van der Waals surface area (Å²) in [4.78, 5) is 0. The van der Waals surface area contributed by atoms with Crippen LogP contribution in [0.4, 0.5) is 4.39 Å². The van der Waals surface area contributed by atoms with Crippen molar-refractivity contribution in [2.45, 2.75) is 47.3 Å². The number of halogens is 1. The van der Waals surface area contributed by atoms with Crippen molar-refractivity contribution in [3.8, 4) is 11.3 Å². The van der Waals surface area contributed by atoms with Gasteiger partial charge in [-0.3, -0.25) is 0 Å². The number of fused-ring (bicyclic) bond motifs is 4. The standard InChI is InChI=1S/C29H31FNOSi/c1-16-14-21-20-12-13-22(30)19(4)28(20)32-29(21)27(18(16)3)24-15-17(2)26-23(31(24)5)10-9-11-25(26)33(6,7)8/h9-15H,1-8H3/q+1. The summed E-state index contributed by atoms with van der Waals surface area (Å²) in [7, 11) is 0.631. The molecule has 0 saturated heterocycles. The Bertz CT molecular complexity index is 1600. The molecule has 0 amide bonds. The molecule has 2 heterocycles. The molecule has 0 aliphatic rings. The second-order valence-corrected chi connectivity index (χ2v) is 15.5. The minimum absolute atomic E-state index is 0.234. The van der Waals surface area contributed by atoms with Crippen LogP contribution in [0.5, 0.6) is 0 Å². The Morgan fingerprint density at radius 2 is 1.55 bits per heavy atom. The number of hydrogen-bond donors (Lipinski definition) is 0. The Kier molecular flexibility index (Phi) is 4.80. The van der Waals surface area contributed by atoms with Gasteiger partial charge in [-0.25, -0.2) is 4.39 Å². The smallest absolute Gasteiger partial charge is 0.217 e. The second kappa shape index (κ2) is 7.26.